The number of carbonyl (C=O) groups excluding carboxylic acids is 2. The van der Waals surface area contributed by atoms with Crippen LogP contribution in [-0.2, 0) is 11.3 Å². The molecule has 0 saturated carbocycles. The van der Waals surface area contributed by atoms with Gasteiger partial charge in [-0.15, -0.1) is 0 Å². The van der Waals surface area contributed by atoms with E-state index < -0.39 is 0 Å². The van der Waals surface area contributed by atoms with Crippen molar-refractivity contribution < 1.29 is 14.3 Å². The number of aromatic amines is 1. The minimum absolute atomic E-state index is 0.186. The van der Waals surface area contributed by atoms with Gasteiger partial charge in [-0.25, -0.2) is 0 Å². The zero-order chi connectivity index (χ0) is 23.2. The van der Waals surface area contributed by atoms with Crippen LogP contribution < -0.4 is 10.1 Å². The average molecular weight is 440 g/mol. The Morgan fingerprint density at radius 3 is 2.39 bits per heavy atom. The quantitative estimate of drug-likeness (QED) is 0.413. The second-order valence-corrected chi connectivity index (χ2v) is 7.68. The van der Waals surface area contributed by atoms with Gasteiger partial charge in [0.15, 0.2) is 0 Å². The molecule has 0 radical (unpaired) electrons. The molecular formula is C27H25N3O3. The number of methoxy groups -OCH3 is 1. The van der Waals surface area contributed by atoms with Crippen LogP contribution >= 0.6 is 0 Å². The molecule has 4 aromatic rings. The number of ether oxygens (including phenoxy) is 1. The zero-order valence-corrected chi connectivity index (χ0v) is 18.5. The van der Waals surface area contributed by atoms with Crippen molar-refractivity contribution in [1.82, 2.24) is 15.2 Å². The van der Waals surface area contributed by atoms with Gasteiger partial charge >= 0.3 is 0 Å². The highest BCUT2D eigenvalue weighted by atomic mass is 16.5. The molecule has 4 rings (SSSR count). The Bertz CT molecular complexity index is 1290. The van der Waals surface area contributed by atoms with E-state index in [-0.39, 0.29) is 17.5 Å². The van der Waals surface area contributed by atoms with Crippen LogP contribution in [0.2, 0.25) is 0 Å². The lowest BCUT2D eigenvalue weighted by atomic mass is 10.1. The first kappa shape index (κ1) is 21.9. The first-order valence-electron chi connectivity index (χ1n) is 10.6. The lowest BCUT2D eigenvalue weighted by Crippen LogP contribution is -2.35. The Morgan fingerprint density at radius 2 is 1.70 bits per heavy atom. The van der Waals surface area contributed by atoms with Crippen molar-refractivity contribution in [1.29, 1.82) is 0 Å². The molecule has 0 aliphatic carbocycles. The summed E-state index contributed by atoms with van der Waals surface area (Å²) in [7, 11) is 3.33. The molecule has 166 valence electrons. The second kappa shape index (κ2) is 9.87. The number of hydrogen-bond acceptors (Lipinski definition) is 3. The predicted octanol–water partition coefficient (Wildman–Crippen LogP) is 4.61. The van der Waals surface area contributed by atoms with Crippen molar-refractivity contribution in [2.24, 2.45) is 0 Å². The molecule has 2 N–H and O–H groups in total. The van der Waals surface area contributed by atoms with E-state index in [9.17, 15) is 9.59 Å². The highest BCUT2D eigenvalue weighted by Gasteiger charge is 2.19. The maximum Gasteiger partial charge on any atom is 0.270 e. The Morgan fingerprint density at radius 1 is 1.00 bits per heavy atom. The number of nitrogens with one attached hydrogen (secondary N) is 2. The summed E-state index contributed by atoms with van der Waals surface area (Å²) in [6, 6.07) is 24.2. The lowest BCUT2D eigenvalue weighted by Gasteiger charge is -2.20. The summed E-state index contributed by atoms with van der Waals surface area (Å²) < 4.78 is 5.35. The van der Waals surface area contributed by atoms with Crippen LogP contribution in [0.4, 0.5) is 0 Å². The van der Waals surface area contributed by atoms with Crippen molar-refractivity contribution in [3.63, 3.8) is 0 Å². The lowest BCUT2D eigenvalue weighted by molar-refractivity contribution is -0.126. The molecule has 0 fully saturated rings. The standard InChI is InChI=1S/C27H25N3O3/c1-30(18-19-9-5-3-6-10-19)27(32)25(29-26(31)20-11-7-4-8-12-20)15-21-17-28-24-14-13-22(33-2)16-23(21)24/h3-17,28H,18H2,1-2H3,(H,29,31)/b25-15-. The Kier molecular flexibility index (Phi) is 6.55. The number of aromatic nitrogens is 1. The summed E-state index contributed by atoms with van der Waals surface area (Å²) in [5.41, 5.74) is 3.34. The van der Waals surface area contributed by atoms with E-state index in [0.29, 0.717) is 17.9 Å². The number of hydrogen-bond donors (Lipinski definition) is 2. The van der Waals surface area contributed by atoms with Gasteiger partial charge in [0.1, 0.15) is 11.4 Å². The summed E-state index contributed by atoms with van der Waals surface area (Å²) in [5, 5.41) is 3.71. The molecule has 6 heteroatoms. The largest absolute Gasteiger partial charge is 0.497 e. The van der Waals surface area contributed by atoms with E-state index in [0.717, 1.165) is 22.0 Å². The maximum atomic E-state index is 13.4. The molecule has 0 aliphatic rings. The van der Waals surface area contributed by atoms with Gasteiger partial charge in [0.25, 0.3) is 11.8 Å². The summed E-state index contributed by atoms with van der Waals surface area (Å²) in [6.45, 7) is 0.417. The molecule has 1 aromatic heterocycles. The van der Waals surface area contributed by atoms with E-state index in [1.165, 1.54) is 0 Å². The summed E-state index contributed by atoms with van der Waals surface area (Å²) in [5.74, 6) is 0.0697. The Balaban J connectivity index is 1.69. The fourth-order valence-corrected chi connectivity index (χ4v) is 3.59. The Hall–Kier alpha value is -4.32. The van der Waals surface area contributed by atoms with Crippen LogP contribution in [0.25, 0.3) is 17.0 Å². The molecule has 0 aliphatic heterocycles. The molecule has 33 heavy (non-hydrogen) atoms. The SMILES string of the molecule is COc1ccc2[nH]cc(/C=C(\NC(=O)c3ccccc3)C(=O)N(C)Cc3ccccc3)c2c1. The topological polar surface area (TPSA) is 74.4 Å². The fourth-order valence-electron chi connectivity index (χ4n) is 3.59. The number of amides is 2. The van der Waals surface area contributed by atoms with Gasteiger partial charge in [-0.3, -0.25) is 9.59 Å². The van der Waals surface area contributed by atoms with Gasteiger partial charge in [0.05, 0.1) is 7.11 Å². The van der Waals surface area contributed by atoms with Gasteiger partial charge < -0.3 is 19.9 Å². The third kappa shape index (κ3) is 5.13. The monoisotopic (exact) mass is 439 g/mol. The highest BCUT2D eigenvalue weighted by molar-refractivity contribution is 6.06. The number of nitrogens with zero attached hydrogens (tertiary/aromatic N) is 1. The smallest absolute Gasteiger partial charge is 0.270 e. The minimum atomic E-state index is -0.347. The molecule has 0 spiro atoms. The van der Waals surface area contributed by atoms with E-state index in [1.54, 1.807) is 49.4 Å². The van der Waals surface area contributed by atoms with Crippen molar-refractivity contribution in [2.75, 3.05) is 14.2 Å². The van der Waals surface area contributed by atoms with E-state index in [4.69, 9.17) is 4.74 Å². The van der Waals surface area contributed by atoms with Gasteiger partial charge in [-0.1, -0.05) is 48.5 Å². The summed E-state index contributed by atoms with van der Waals surface area (Å²) in [6.07, 6.45) is 3.51. The summed E-state index contributed by atoms with van der Waals surface area (Å²) >= 11 is 0. The van der Waals surface area contributed by atoms with Crippen LogP contribution in [0.1, 0.15) is 21.5 Å². The van der Waals surface area contributed by atoms with E-state index >= 15 is 0 Å². The molecule has 1 heterocycles. The van der Waals surface area contributed by atoms with E-state index in [2.05, 4.69) is 10.3 Å². The van der Waals surface area contributed by atoms with Gasteiger partial charge in [0.2, 0.25) is 0 Å². The summed E-state index contributed by atoms with van der Waals surface area (Å²) in [4.78, 5) is 31.1. The van der Waals surface area contributed by atoms with Crippen molar-refractivity contribution in [2.45, 2.75) is 6.54 Å². The minimum Gasteiger partial charge on any atom is -0.497 e. The zero-order valence-electron chi connectivity index (χ0n) is 18.5. The van der Waals surface area contributed by atoms with Crippen LogP contribution in [0.3, 0.4) is 0 Å². The molecule has 3 aromatic carbocycles. The molecule has 0 bridgehead atoms. The number of fused-ring (bicyclic) bond motifs is 1. The molecule has 0 unspecified atom stereocenters. The van der Waals surface area contributed by atoms with Crippen molar-refractivity contribution >= 4 is 28.8 Å². The number of likely N-dealkylation sites (N-methyl/N-ethyl adjacent to an activating group) is 1. The predicted molar refractivity (Wildman–Crippen MR) is 130 cm³/mol. The molecule has 2 amide bonds. The molecule has 6 nitrogen and oxygen atoms in total. The maximum absolute atomic E-state index is 13.4. The van der Waals surface area contributed by atoms with Gasteiger partial charge in [-0.2, -0.15) is 0 Å². The van der Waals surface area contributed by atoms with Crippen molar-refractivity contribution in [3.8, 4) is 5.75 Å². The average Bonchev–Trinajstić information content (AvgIpc) is 3.26. The second-order valence-electron chi connectivity index (χ2n) is 7.68. The van der Waals surface area contributed by atoms with Gasteiger partial charge in [-0.05, 0) is 42.0 Å². The molecular weight excluding hydrogens is 414 g/mol. The molecule has 0 atom stereocenters. The van der Waals surface area contributed by atoms with Crippen LogP contribution in [0.5, 0.6) is 5.75 Å². The Labute approximate surface area is 192 Å². The first-order chi connectivity index (χ1) is 16.0. The first-order valence-corrected chi connectivity index (χ1v) is 10.6. The van der Waals surface area contributed by atoms with Crippen LogP contribution in [0.15, 0.2) is 90.8 Å². The third-order valence-corrected chi connectivity index (χ3v) is 5.34. The highest BCUT2D eigenvalue weighted by Crippen LogP contribution is 2.25. The van der Waals surface area contributed by atoms with E-state index in [1.807, 2.05) is 60.8 Å². The fraction of sp³-hybridized carbons (Fsp3) is 0.111. The number of carbonyl (C=O) groups is 2. The van der Waals surface area contributed by atoms with Crippen molar-refractivity contribution in [3.05, 3.63) is 107 Å². The number of rotatable bonds is 7. The third-order valence-electron chi connectivity index (χ3n) is 5.34. The number of benzene rings is 3. The van der Waals surface area contributed by atoms with Crippen LogP contribution in [0, 0.1) is 0 Å². The number of H-pyrrole nitrogens is 1. The normalized spacial score (nSPS) is 11.3. The molecule has 0 saturated heterocycles. The van der Waals surface area contributed by atoms with Gasteiger partial charge in [0, 0.05) is 41.8 Å². The van der Waals surface area contributed by atoms with Crippen LogP contribution in [-0.4, -0.2) is 35.9 Å².